The predicted octanol–water partition coefficient (Wildman–Crippen LogP) is 0.724. The van der Waals surface area contributed by atoms with Crippen LogP contribution in [0.15, 0.2) is 18.2 Å². The van der Waals surface area contributed by atoms with Crippen LogP contribution < -0.4 is 20.1 Å². The van der Waals surface area contributed by atoms with E-state index in [1.807, 2.05) is 29.9 Å². The zero-order valence-corrected chi connectivity index (χ0v) is 12.9. The minimum Gasteiger partial charge on any atom is -0.454 e. The molecule has 1 aromatic heterocycles. The van der Waals surface area contributed by atoms with E-state index in [9.17, 15) is 4.79 Å². The fourth-order valence-corrected chi connectivity index (χ4v) is 3.02. The number of nitrogens with one attached hydrogen (secondary N) is 2. The van der Waals surface area contributed by atoms with Gasteiger partial charge in [-0.05, 0) is 17.7 Å². The summed E-state index contributed by atoms with van der Waals surface area (Å²) in [6, 6.07) is 5.66. The van der Waals surface area contributed by atoms with Gasteiger partial charge in [0.25, 0.3) is 5.91 Å². The molecular formula is C16H18N4O3. The number of fused-ring (bicyclic) bond motifs is 2. The molecule has 1 amide bonds. The summed E-state index contributed by atoms with van der Waals surface area (Å²) in [4.78, 5) is 12.5. The first-order valence-corrected chi connectivity index (χ1v) is 7.64. The summed E-state index contributed by atoms with van der Waals surface area (Å²) in [5.41, 5.74) is 3.61. The SMILES string of the molecule is Cn1nc(C(=O)NCc2ccc3c(c2)OCO3)c2c1CCNC2. The van der Waals surface area contributed by atoms with Crippen molar-refractivity contribution in [2.45, 2.75) is 19.5 Å². The zero-order chi connectivity index (χ0) is 15.8. The third-order valence-electron chi connectivity index (χ3n) is 4.22. The van der Waals surface area contributed by atoms with Gasteiger partial charge < -0.3 is 20.1 Å². The first-order valence-electron chi connectivity index (χ1n) is 7.64. The maximum Gasteiger partial charge on any atom is 0.272 e. The fourth-order valence-electron chi connectivity index (χ4n) is 3.02. The molecule has 2 aliphatic rings. The molecule has 0 bridgehead atoms. The van der Waals surface area contributed by atoms with E-state index in [2.05, 4.69) is 15.7 Å². The molecule has 0 saturated heterocycles. The monoisotopic (exact) mass is 314 g/mol. The first-order chi connectivity index (χ1) is 11.2. The zero-order valence-electron chi connectivity index (χ0n) is 12.9. The molecule has 0 aliphatic carbocycles. The van der Waals surface area contributed by atoms with Crippen LogP contribution in [0.1, 0.15) is 27.3 Å². The van der Waals surface area contributed by atoms with Gasteiger partial charge in [0.05, 0.1) is 0 Å². The van der Waals surface area contributed by atoms with Crippen LogP contribution in [0.4, 0.5) is 0 Å². The molecule has 0 saturated carbocycles. The second-order valence-electron chi connectivity index (χ2n) is 5.69. The van der Waals surface area contributed by atoms with Gasteiger partial charge in [0, 0.05) is 44.4 Å². The summed E-state index contributed by atoms with van der Waals surface area (Å²) >= 11 is 0. The smallest absolute Gasteiger partial charge is 0.272 e. The molecule has 1 aromatic carbocycles. The summed E-state index contributed by atoms with van der Waals surface area (Å²) in [5.74, 6) is 1.31. The second kappa shape index (κ2) is 5.58. The number of rotatable bonds is 3. The van der Waals surface area contributed by atoms with E-state index in [4.69, 9.17) is 9.47 Å². The van der Waals surface area contributed by atoms with Gasteiger partial charge in [-0.1, -0.05) is 6.07 Å². The highest BCUT2D eigenvalue weighted by Crippen LogP contribution is 2.32. The van der Waals surface area contributed by atoms with Gasteiger partial charge >= 0.3 is 0 Å². The predicted molar refractivity (Wildman–Crippen MR) is 82.4 cm³/mol. The number of carbonyl (C=O) groups excluding carboxylic acids is 1. The lowest BCUT2D eigenvalue weighted by atomic mass is 10.1. The van der Waals surface area contributed by atoms with Crippen molar-refractivity contribution < 1.29 is 14.3 Å². The van der Waals surface area contributed by atoms with Crippen LogP contribution in [-0.2, 0) is 26.6 Å². The number of hydrogen-bond donors (Lipinski definition) is 2. The van der Waals surface area contributed by atoms with Crippen molar-refractivity contribution in [2.75, 3.05) is 13.3 Å². The Labute approximate surface area is 133 Å². The normalized spacial score (nSPS) is 15.3. The minimum atomic E-state index is -0.150. The Hall–Kier alpha value is -2.54. The van der Waals surface area contributed by atoms with Crippen molar-refractivity contribution in [1.29, 1.82) is 0 Å². The van der Waals surface area contributed by atoms with Crippen molar-refractivity contribution in [3.63, 3.8) is 0 Å². The Morgan fingerprint density at radius 3 is 3.17 bits per heavy atom. The van der Waals surface area contributed by atoms with Crippen LogP contribution >= 0.6 is 0 Å². The molecule has 0 atom stereocenters. The number of hydrogen-bond acceptors (Lipinski definition) is 5. The van der Waals surface area contributed by atoms with Crippen LogP contribution in [0, 0.1) is 0 Å². The molecule has 0 unspecified atom stereocenters. The van der Waals surface area contributed by atoms with Crippen molar-refractivity contribution >= 4 is 5.91 Å². The van der Waals surface area contributed by atoms with E-state index >= 15 is 0 Å². The highest BCUT2D eigenvalue weighted by atomic mass is 16.7. The average molecular weight is 314 g/mol. The quantitative estimate of drug-likeness (QED) is 0.873. The van der Waals surface area contributed by atoms with Crippen LogP contribution in [-0.4, -0.2) is 29.0 Å². The van der Waals surface area contributed by atoms with E-state index in [-0.39, 0.29) is 12.7 Å². The molecule has 0 radical (unpaired) electrons. The number of aromatic nitrogens is 2. The van der Waals surface area contributed by atoms with E-state index < -0.39 is 0 Å². The van der Waals surface area contributed by atoms with Crippen molar-refractivity contribution in [3.8, 4) is 11.5 Å². The number of ether oxygens (including phenoxy) is 2. The Morgan fingerprint density at radius 1 is 1.39 bits per heavy atom. The molecular weight excluding hydrogens is 296 g/mol. The lowest BCUT2D eigenvalue weighted by molar-refractivity contribution is 0.0944. The molecule has 23 heavy (non-hydrogen) atoms. The van der Waals surface area contributed by atoms with E-state index in [1.54, 1.807) is 0 Å². The molecule has 4 rings (SSSR count). The number of nitrogens with zero attached hydrogens (tertiary/aromatic N) is 2. The maximum atomic E-state index is 12.5. The average Bonchev–Trinajstić information content (AvgIpc) is 3.17. The summed E-state index contributed by atoms with van der Waals surface area (Å²) in [6.07, 6.45) is 0.897. The number of benzene rings is 1. The van der Waals surface area contributed by atoms with Gasteiger partial charge in [0.1, 0.15) is 0 Å². The second-order valence-corrected chi connectivity index (χ2v) is 5.69. The van der Waals surface area contributed by atoms with Crippen molar-refractivity contribution in [3.05, 3.63) is 40.7 Å². The molecule has 0 fully saturated rings. The maximum absolute atomic E-state index is 12.5. The first kappa shape index (κ1) is 14.1. The number of amides is 1. The largest absolute Gasteiger partial charge is 0.454 e. The Bertz CT molecular complexity index is 769. The van der Waals surface area contributed by atoms with Crippen LogP contribution in [0.25, 0.3) is 0 Å². The lowest BCUT2D eigenvalue weighted by Gasteiger charge is -2.14. The van der Waals surface area contributed by atoms with Crippen LogP contribution in [0.3, 0.4) is 0 Å². The van der Waals surface area contributed by atoms with Gasteiger partial charge in [-0.15, -0.1) is 0 Å². The summed E-state index contributed by atoms with van der Waals surface area (Å²) in [5, 5.41) is 10.6. The molecule has 2 aromatic rings. The Kier molecular flexibility index (Phi) is 3.42. The fraction of sp³-hybridized carbons (Fsp3) is 0.375. The summed E-state index contributed by atoms with van der Waals surface area (Å²) in [7, 11) is 1.89. The third kappa shape index (κ3) is 2.53. The molecule has 7 heteroatoms. The van der Waals surface area contributed by atoms with Crippen LogP contribution in [0.2, 0.25) is 0 Å². The molecule has 2 N–H and O–H groups in total. The highest BCUT2D eigenvalue weighted by Gasteiger charge is 2.23. The molecule has 2 aliphatic heterocycles. The molecule has 3 heterocycles. The Balaban J connectivity index is 1.48. The molecule has 120 valence electrons. The lowest BCUT2D eigenvalue weighted by Crippen LogP contribution is -2.28. The molecule has 0 spiro atoms. The topological polar surface area (TPSA) is 77.4 Å². The standard InChI is InChI=1S/C16H18N4O3/c1-20-12-4-5-17-8-11(12)15(19-20)16(21)18-7-10-2-3-13-14(6-10)23-9-22-13/h2-3,6,17H,4-5,7-9H2,1H3,(H,18,21). The van der Waals surface area contributed by atoms with E-state index in [0.717, 1.165) is 41.3 Å². The number of carbonyl (C=O) groups is 1. The highest BCUT2D eigenvalue weighted by molar-refractivity contribution is 5.94. The summed E-state index contributed by atoms with van der Waals surface area (Å²) in [6.45, 7) is 2.28. The number of aryl methyl sites for hydroxylation is 1. The van der Waals surface area contributed by atoms with Gasteiger partial charge in [0.15, 0.2) is 17.2 Å². The van der Waals surface area contributed by atoms with Gasteiger partial charge in [-0.25, -0.2) is 0 Å². The van der Waals surface area contributed by atoms with Crippen molar-refractivity contribution in [1.82, 2.24) is 20.4 Å². The van der Waals surface area contributed by atoms with Crippen LogP contribution in [0.5, 0.6) is 11.5 Å². The molecule has 7 nitrogen and oxygen atoms in total. The Morgan fingerprint density at radius 2 is 2.26 bits per heavy atom. The van der Waals surface area contributed by atoms with Gasteiger partial charge in [-0.2, -0.15) is 5.10 Å². The van der Waals surface area contributed by atoms with Gasteiger partial charge in [-0.3, -0.25) is 9.48 Å². The third-order valence-corrected chi connectivity index (χ3v) is 4.22. The van der Waals surface area contributed by atoms with Crippen molar-refractivity contribution in [2.24, 2.45) is 7.05 Å². The van der Waals surface area contributed by atoms with E-state index in [1.165, 1.54) is 0 Å². The minimum absolute atomic E-state index is 0.150. The summed E-state index contributed by atoms with van der Waals surface area (Å²) < 4.78 is 12.4. The van der Waals surface area contributed by atoms with Gasteiger partial charge in [0.2, 0.25) is 6.79 Å². The van der Waals surface area contributed by atoms with E-state index in [0.29, 0.717) is 18.8 Å².